The van der Waals surface area contributed by atoms with E-state index in [1.807, 2.05) is 36.4 Å². The lowest BCUT2D eigenvalue weighted by Crippen LogP contribution is -2.44. The summed E-state index contributed by atoms with van der Waals surface area (Å²) in [6.07, 6.45) is 2.03. The third-order valence-corrected chi connectivity index (χ3v) is 6.12. The smallest absolute Gasteiger partial charge is 0.408 e. The fraction of sp³-hybridized carbons (Fsp3) is 0.379. The van der Waals surface area contributed by atoms with E-state index in [2.05, 4.69) is 16.0 Å². The highest BCUT2D eigenvalue weighted by Crippen LogP contribution is 2.20. The van der Waals surface area contributed by atoms with Gasteiger partial charge in [0.15, 0.2) is 0 Å². The Kier molecular flexibility index (Phi) is 11.5. The molecule has 0 unspecified atom stereocenters. The van der Waals surface area contributed by atoms with Crippen molar-refractivity contribution in [3.8, 4) is 0 Å². The van der Waals surface area contributed by atoms with Crippen molar-refractivity contribution >= 4 is 23.9 Å². The first-order valence-electron chi connectivity index (χ1n) is 12.9. The van der Waals surface area contributed by atoms with Crippen LogP contribution < -0.4 is 16.0 Å². The SMILES string of the molecule is C[C@H](CO)NC(=O)C[C@H]1CC=CC[C@@H](NC(=O)OCc2ccccc2)C(=O)O[C@@H](c2ccccc2)CNC1=O. The Morgan fingerprint density at radius 1 is 1.05 bits per heavy atom. The molecule has 0 aliphatic carbocycles. The standard InChI is InChI=1S/C29H35N3O7/c1-20(18-33)31-26(34)16-23-14-8-9-15-24(32-29(37)38-19-21-10-4-2-5-11-21)28(36)39-25(17-30-27(23)35)22-12-6-3-7-13-22/h2-13,20,23-25,33H,14-19H2,1H3,(H,30,35)(H,31,34)(H,32,37)/t20-,23-,24-,25-/m1/s1. The maximum Gasteiger partial charge on any atom is 0.408 e. The monoisotopic (exact) mass is 537 g/mol. The Morgan fingerprint density at radius 2 is 1.72 bits per heavy atom. The van der Waals surface area contributed by atoms with Crippen LogP contribution in [-0.2, 0) is 30.5 Å². The summed E-state index contributed by atoms with van der Waals surface area (Å²) in [5.74, 6) is -2.07. The molecule has 10 heteroatoms. The second-order valence-electron chi connectivity index (χ2n) is 9.34. The normalized spacial score (nSPS) is 20.8. The number of benzene rings is 2. The zero-order valence-corrected chi connectivity index (χ0v) is 21.9. The second-order valence-corrected chi connectivity index (χ2v) is 9.34. The van der Waals surface area contributed by atoms with Gasteiger partial charge in [0.1, 0.15) is 18.8 Å². The molecule has 0 saturated carbocycles. The van der Waals surface area contributed by atoms with Crippen molar-refractivity contribution in [3.63, 3.8) is 0 Å². The zero-order valence-electron chi connectivity index (χ0n) is 21.9. The van der Waals surface area contributed by atoms with Crippen LogP contribution in [0.2, 0.25) is 0 Å². The fourth-order valence-corrected chi connectivity index (χ4v) is 3.96. The van der Waals surface area contributed by atoms with Crippen LogP contribution in [0.25, 0.3) is 0 Å². The molecular formula is C29H35N3O7. The number of carbonyl (C=O) groups is 4. The van der Waals surface area contributed by atoms with Gasteiger partial charge in [-0.25, -0.2) is 9.59 Å². The molecule has 1 aliphatic rings. The summed E-state index contributed by atoms with van der Waals surface area (Å²) in [5, 5.41) is 17.2. The van der Waals surface area contributed by atoms with Gasteiger partial charge in [0, 0.05) is 12.5 Å². The van der Waals surface area contributed by atoms with E-state index in [9.17, 15) is 24.3 Å². The number of rotatable bonds is 8. The van der Waals surface area contributed by atoms with Crippen LogP contribution in [0.15, 0.2) is 72.8 Å². The molecule has 0 radical (unpaired) electrons. The first-order chi connectivity index (χ1) is 18.9. The molecule has 0 saturated heterocycles. The highest BCUT2D eigenvalue weighted by Gasteiger charge is 2.28. The van der Waals surface area contributed by atoms with E-state index in [0.29, 0.717) is 5.56 Å². The van der Waals surface area contributed by atoms with Gasteiger partial charge in [0.2, 0.25) is 11.8 Å². The third-order valence-electron chi connectivity index (χ3n) is 6.12. The van der Waals surface area contributed by atoms with Crippen molar-refractivity contribution in [2.24, 2.45) is 5.92 Å². The number of esters is 1. The molecule has 4 N–H and O–H groups in total. The van der Waals surface area contributed by atoms with Crippen LogP contribution in [0.4, 0.5) is 4.79 Å². The second kappa shape index (κ2) is 15.3. The molecule has 2 aromatic carbocycles. The number of ether oxygens (including phenoxy) is 2. The van der Waals surface area contributed by atoms with E-state index in [1.165, 1.54) is 0 Å². The number of hydrogen-bond donors (Lipinski definition) is 4. The molecule has 0 fully saturated rings. The number of cyclic esters (lactones) is 1. The molecule has 2 aromatic rings. The van der Waals surface area contributed by atoms with E-state index >= 15 is 0 Å². The molecule has 0 aromatic heterocycles. The summed E-state index contributed by atoms with van der Waals surface area (Å²) in [7, 11) is 0. The van der Waals surface area contributed by atoms with Crippen LogP contribution in [0.1, 0.15) is 43.4 Å². The highest BCUT2D eigenvalue weighted by atomic mass is 16.6. The van der Waals surface area contributed by atoms with Gasteiger partial charge in [-0.2, -0.15) is 0 Å². The highest BCUT2D eigenvalue weighted by molar-refractivity contribution is 5.86. The first-order valence-corrected chi connectivity index (χ1v) is 12.9. The Bertz CT molecular complexity index is 1120. The van der Waals surface area contributed by atoms with Crippen molar-refractivity contribution in [3.05, 3.63) is 83.9 Å². The van der Waals surface area contributed by atoms with Gasteiger partial charge in [-0.3, -0.25) is 9.59 Å². The Morgan fingerprint density at radius 3 is 2.41 bits per heavy atom. The number of allylic oxidation sites excluding steroid dienone is 1. The van der Waals surface area contributed by atoms with Gasteiger partial charge >= 0.3 is 12.1 Å². The minimum atomic E-state index is -1.03. The predicted octanol–water partition coefficient (Wildman–Crippen LogP) is 2.54. The molecule has 10 nitrogen and oxygen atoms in total. The average Bonchev–Trinajstić information content (AvgIpc) is 2.95. The van der Waals surface area contributed by atoms with Crippen molar-refractivity contribution < 1.29 is 33.8 Å². The molecule has 0 bridgehead atoms. The van der Waals surface area contributed by atoms with Crippen LogP contribution in [0, 0.1) is 5.92 Å². The molecule has 0 spiro atoms. The average molecular weight is 538 g/mol. The summed E-state index contributed by atoms with van der Waals surface area (Å²) in [5.41, 5.74) is 1.47. The maximum atomic E-state index is 13.1. The quantitative estimate of drug-likeness (QED) is 0.299. The topological polar surface area (TPSA) is 143 Å². The van der Waals surface area contributed by atoms with E-state index in [0.717, 1.165) is 5.56 Å². The van der Waals surface area contributed by atoms with Crippen LogP contribution in [0.3, 0.4) is 0 Å². The fourth-order valence-electron chi connectivity index (χ4n) is 3.96. The molecule has 4 atom stereocenters. The molecule has 3 amide bonds. The minimum Gasteiger partial charge on any atom is -0.454 e. The Labute approximate surface area is 227 Å². The van der Waals surface area contributed by atoms with Crippen LogP contribution >= 0.6 is 0 Å². The summed E-state index contributed by atoms with van der Waals surface area (Å²) < 4.78 is 11.0. The van der Waals surface area contributed by atoms with E-state index in [-0.39, 0.29) is 50.8 Å². The number of aliphatic hydroxyl groups excluding tert-OH is 1. The van der Waals surface area contributed by atoms with E-state index < -0.39 is 36.2 Å². The van der Waals surface area contributed by atoms with Gasteiger partial charge in [0.05, 0.1) is 19.1 Å². The van der Waals surface area contributed by atoms with Crippen LogP contribution in [0.5, 0.6) is 0 Å². The summed E-state index contributed by atoms with van der Waals surface area (Å²) in [4.78, 5) is 51.0. The van der Waals surface area contributed by atoms with Gasteiger partial charge < -0.3 is 30.5 Å². The molecule has 3 rings (SSSR count). The molecular weight excluding hydrogens is 502 g/mol. The summed E-state index contributed by atoms with van der Waals surface area (Å²) in [6, 6.07) is 16.6. The number of nitrogens with one attached hydrogen (secondary N) is 3. The van der Waals surface area contributed by atoms with Gasteiger partial charge in [-0.1, -0.05) is 72.8 Å². The number of alkyl carbamates (subject to hydrolysis) is 1. The minimum absolute atomic E-state index is 0.0192. The van der Waals surface area contributed by atoms with Crippen molar-refractivity contribution in [1.82, 2.24) is 16.0 Å². The molecule has 39 heavy (non-hydrogen) atoms. The zero-order chi connectivity index (χ0) is 28.0. The number of carbonyl (C=O) groups excluding carboxylic acids is 4. The lowest BCUT2D eigenvalue weighted by atomic mass is 9.98. The molecule has 1 heterocycles. The third kappa shape index (κ3) is 9.90. The van der Waals surface area contributed by atoms with Crippen molar-refractivity contribution in [2.75, 3.05) is 13.2 Å². The molecule has 1 aliphatic heterocycles. The van der Waals surface area contributed by atoms with Gasteiger partial charge in [0.25, 0.3) is 0 Å². The number of aliphatic hydroxyl groups is 1. The maximum absolute atomic E-state index is 13.1. The molecule has 208 valence electrons. The van der Waals surface area contributed by atoms with E-state index in [1.54, 1.807) is 43.3 Å². The summed E-state index contributed by atoms with van der Waals surface area (Å²) in [6.45, 7) is 1.47. The van der Waals surface area contributed by atoms with Gasteiger partial charge in [-0.15, -0.1) is 0 Å². The van der Waals surface area contributed by atoms with Crippen LogP contribution in [-0.4, -0.2) is 54.2 Å². The predicted molar refractivity (Wildman–Crippen MR) is 143 cm³/mol. The van der Waals surface area contributed by atoms with E-state index in [4.69, 9.17) is 9.47 Å². The lowest BCUT2D eigenvalue weighted by molar-refractivity contribution is -0.152. The van der Waals surface area contributed by atoms with Crippen molar-refractivity contribution in [1.29, 1.82) is 0 Å². The summed E-state index contributed by atoms with van der Waals surface area (Å²) >= 11 is 0. The number of hydrogen-bond acceptors (Lipinski definition) is 7. The lowest BCUT2D eigenvalue weighted by Gasteiger charge is -2.24. The largest absolute Gasteiger partial charge is 0.454 e. The Hall–Kier alpha value is -4.18. The number of amides is 3. The van der Waals surface area contributed by atoms with Gasteiger partial charge in [-0.05, 0) is 30.9 Å². The Balaban J connectivity index is 1.75. The first kappa shape index (κ1) is 29.4. The van der Waals surface area contributed by atoms with Crippen molar-refractivity contribution in [2.45, 2.75) is 51.0 Å².